The van der Waals surface area contributed by atoms with Crippen LogP contribution in [0.5, 0.6) is 5.75 Å². The Kier molecular flexibility index (Phi) is 7.19. The van der Waals surface area contributed by atoms with Gasteiger partial charge in [0.25, 0.3) is 11.6 Å². The molecule has 0 unspecified atom stereocenters. The second-order valence-corrected chi connectivity index (χ2v) is 7.01. The minimum absolute atomic E-state index is 0.0445. The van der Waals surface area contributed by atoms with Crippen molar-refractivity contribution in [2.24, 2.45) is 0 Å². The number of amides is 1. The van der Waals surface area contributed by atoms with E-state index in [1.165, 1.54) is 37.1 Å². The van der Waals surface area contributed by atoms with E-state index in [4.69, 9.17) is 4.74 Å². The van der Waals surface area contributed by atoms with Gasteiger partial charge in [0.2, 0.25) is 0 Å². The quantitative estimate of drug-likeness (QED) is 0.317. The first kappa shape index (κ1) is 21.8. The first-order valence-electron chi connectivity index (χ1n) is 9.76. The highest BCUT2D eigenvalue weighted by atomic mass is 16.6. The summed E-state index contributed by atoms with van der Waals surface area (Å²) < 4.78 is 5.16. The molecule has 0 aromatic heterocycles. The number of carbonyl (C=O) groups excluding carboxylic acids is 1. The number of non-ortho nitro benzene ring substituents is 1. The molecule has 1 saturated heterocycles. The molecule has 0 radical (unpaired) electrons. The summed E-state index contributed by atoms with van der Waals surface area (Å²) in [7, 11) is 1.39. The SMILES string of the molecule is COc1cc([N+](=O)[O-])ccc1N/C=C(/C#N)C(=O)N1CCN(Cc2ccccc2)CC1. The number of benzene rings is 2. The molecule has 0 saturated carbocycles. The largest absolute Gasteiger partial charge is 0.494 e. The average molecular weight is 421 g/mol. The lowest BCUT2D eigenvalue weighted by molar-refractivity contribution is -0.384. The molecule has 1 aliphatic rings. The third kappa shape index (κ3) is 5.58. The van der Waals surface area contributed by atoms with Gasteiger partial charge >= 0.3 is 0 Å². The summed E-state index contributed by atoms with van der Waals surface area (Å²) in [5.41, 5.74) is 1.48. The first-order chi connectivity index (χ1) is 15.0. The molecule has 0 bridgehead atoms. The van der Waals surface area contributed by atoms with Crippen molar-refractivity contribution in [1.82, 2.24) is 9.80 Å². The highest BCUT2D eigenvalue weighted by molar-refractivity contribution is 5.97. The van der Waals surface area contributed by atoms with Crippen molar-refractivity contribution in [3.63, 3.8) is 0 Å². The summed E-state index contributed by atoms with van der Waals surface area (Å²) in [6, 6.07) is 16.1. The second kappa shape index (κ2) is 10.2. The molecule has 9 heteroatoms. The Morgan fingerprint density at radius 1 is 1.23 bits per heavy atom. The lowest BCUT2D eigenvalue weighted by atomic mass is 10.2. The summed E-state index contributed by atoms with van der Waals surface area (Å²) in [5, 5.41) is 23.2. The van der Waals surface area contributed by atoms with Crippen LogP contribution in [0, 0.1) is 21.4 Å². The molecule has 1 aliphatic heterocycles. The van der Waals surface area contributed by atoms with Crippen LogP contribution in [-0.4, -0.2) is 53.9 Å². The van der Waals surface area contributed by atoms with Gasteiger partial charge in [0.15, 0.2) is 0 Å². The highest BCUT2D eigenvalue weighted by Crippen LogP contribution is 2.29. The smallest absolute Gasteiger partial charge is 0.273 e. The molecular weight excluding hydrogens is 398 g/mol. The minimum atomic E-state index is -0.524. The van der Waals surface area contributed by atoms with Crippen LogP contribution in [0.15, 0.2) is 60.3 Å². The van der Waals surface area contributed by atoms with Crippen LogP contribution in [0.3, 0.4) is 0 Å². The van der Waals surface area contributed by atoms with E-state index in [1.807, 2.05) is 24.3 Å². The Morgan fingerprint density at radius 2 is 1.94 bits per heavy atom. The van der Waals surface area contributed by atoms with Gasteiger partial charge in [-0.1, -0.05) is 30.3 Å². The third-order valence-electron chi connectivity index (χ3n) is 5.03. The molecule has 0 spiro atoms. The topological polar surface area (TPSA) is 112 Å². The van der Waals surface area contributed by atoms with Crippen molar-refractivity contribution < 1.29 is 14.5 Å². The predicted molar refractivity (Wildman–Crippen MR) is 115 cm³/mol. The first-order valence-corrected chi connectivity index (χ1v) is 9.76. The van der Waals surface area contributed by atoms with Gasteiger partial charge in [-0.05, 0) is 11.6 Å². The molecule has 1 N–H and O–H groups in total. The molecule has 1 amide bonds. The van der Waals surface area contributed by atoms with E-state index in [0.29, 0.717) is 18.8 Å². The summed E-state index contributed by atoms with van der Waals surface area (Å²) in [5.74, 6) is -0.111. The number of rotatable bonds is 7. The highest BCUT2D eigenvalue weighted by Gasteiger charge is 2.24. The molecular formula is C22H23N5O4. The van der Waals surface area contributed by atoms with E-state index < -0.39 is 4.92 Å². The van der Waals surface area contributed by atoms with Gasteiger partial charge in [0, 0.05) is 45.0 Å². The fourth-order valence-corrected chi connectivity index (χ4v) is 3.33. The van der Waals surface area contributed by atoms with E-state index >= 15 is 0 Å². The Balaban J connectivity index is 1.61. The van der Waals surface area contributed by atoms with Crippen molar-refractivity contribution in [2.75, 3.05) is 38.6 Å². The Morgan fingerprint density at radius 3 is 2.55 bits per heavy atom. The van der Waals surface area contributed by atoms with Crippen molar-refractivity contribution >= 4 is 17.3 Å². The molecule has 3 rings (SSSR count). The van der Waals surface area contributed by atoms with E-state index in [9.17, 15) is 20.2 Å². The summed E-state index contributed by atoms with van der Waals surface area (Å²) in [6.07, 6.45) is 1.31. The number of nitriles is 1. The summed E-state index contributed by atoms with van der Waals surface area (Å²) in [4.78, 5) is 27.1. The number of carbonyl (C=O) groups is 1. The number of hydrogen-bond donors (Lipinski definition) is 1. The molecule has 2 aromatic rings. The number of anilines is 1. The number of ether oxygens (including phenoxy) is 1. The van der Waals surface area contributed by atoms with Crippen LogP contribution < -0.4 is 10.1 Å². The van der Waals surface area contributed by atoms with E-state index in [1.54, 1.807) is 4.90 Å². The number of piperazine rings is 1. The number of nitrogens with one attached hydrogen (secondary N) is 1. The molecule has 160 valence electrons. The summed E-state index contributed by atoms with van der Waals surface area (Å²) >= 11 is 0. The number of nitro benzene ring substituents is 1. The molecule has 9 nitrogen and oxygen atoms in total. The number of hydrogen-bond acceptors (Lipinski definition) is 7. The second-order valence-electron chi connectivity index (χ2n) is 7.01. The standard InChI is InChI=1S/C22H23N5O4/c1-31-21-13-19(27(29)30)7-8-20(21)24-15-18(14-23)22(28)26-11-9-25(10-12-26)16-17-5-3-2-4-6-17/h2-8,13,15,24H,9-12,16H2,1H3/b18-15-. The van der Waals surface area contributed by atoms with E-state index in [0.717, 1.165) is 19.6 Å². The number of methoxy groups -OCH3 is 1. The van der Waals surface area contributed by atoms with Crippen LogP contribution in [0.25, 0.3) is 0 Å². The monoisotopic (exact) mass is 421 g/mol. The molecule has 31 heavy (non-hydrogen) atoms. The van der Waals surface area contributed by atoms with Crippen LogP contribution in [0.4, 0.5) is 11.4 Å². The fourth-order valence-electron chi connectivity index (χ4n) is 3.33. The van der Waals surface area contributed by atoms with Crippen molar-refractivity contribution in [1.29, 1.82) is 5.26 Å². The maximum Gasteiger partial charge on any atom is 0.273 e. The number of nitro groups is 1. The summed E-state index contributed by atoms with van der Waals surface area (Å²) in [6.45, 7) is 3.34. The zero-order chi connectivity index (χ0) is 22.2. The maximum atomic E-state index is 12.8. The van der Waals surface area contributed by atoms with Crippen molar-refractivity contribution in [3.8, 4) is 11.8 Å². The zero-order valence-electron chi connectivity index (χ0n) is 17.2. The van der Waals surface area contributed by atoms with Gasteiger partial charge in [-0.3, -0.25) is 19.8 Å². The normalized spacial score (nSPS) is 14.6. The Bertz CT molecular complexity index is 1010. The Labute approximate surface area is 180 Å². The van der Waals surface area contributed by atoms with E-state index in [2.05, 4.69) is 22.3 Å². The fraction of sp³-hybridized carbons (Fsp3) is 0.273. The minimum Gasteiger partial charge on any atom is -0.494 e. The lowest BCUT2D eigenvalue weighted by Gasteiger charge is -2.34. The number of nitrogens with zero attached hydrogens (tertiary/aromatic N) is 4. The Hall–Kier alpha value is -3.90. The van der Waals surface area contributed by atoms with Gasteiger partial charge in [-0.15, -0.1) is 0 Å². The van der Waals surface area contributed by atoms with Gasteiger partial charge in [0.05, 0.1) is 23.8 Å². The molecule has 2 aromatic carbocycles. The van der Waals surface area contributed by atoms with Crippen molar-refractivity contribution in [2.45, 2.75) is 6.54 Å². The van der Waals surface area contributed by atoms with Crippen molar-refractivity contribution in [3.05, 3.63) is 76.0 Å². The third-order valence-corrected chi connectivity index (χ3v) is 5.03. The maximum absolute atomic E-state index is 12.8. The van der Waals surface area contributed by atoms with Crippen LogP contribution >= 0.6 is 0 Å². The zero-order valence-corrected chi connectivity index (χ0v) is 17.2. The van der Waals surface area contributed by atoms with Crippen LogP contribution in [-0.2, 0) is 11.3 Å². The molecule has 0 atom stereocenters. The molecule has 0 aliphatic carbocycles. The van der Waals surface area contributed by atoms with Crippen LogP contribution in [0.2, 0.25) is 0 Å². The van der Waals surface area contributed by atoms with E-state index in [-0.39, 0.29) is 22.9 Å². The van der Waals surface area contributed by atoms with Gasteiger partial charge in [-0.25, -0.2) is 0 Å². The predicted octanol–water partition coefficient (Wildman–Crippen LogP) is 2.77. The van der Waals surface area contributed by atoms with Gasteiger partial charge in [-0.2, -0.15) is 5.26 Å². The lowest BCUT2D eigenvalue weighted by Crippen LogP contribution is -2.48. The molecule has 1 fully saturated rings. The van der Waals surface area contributed by atoms with Crippen LogP contribution in [0.1, 0.15) is 5.56 Å². The molecule has 1 heterocycles. The van der Waals surface area contributed by atoms with Gasteiger partial charge < -0.3 is 15.0 Å². The average Bonchev–Trinajstić information content (AvgIpc) is 2.80. The van der Waals surface area contributed by atoms with Gasteiger partial charge in [0.1, 0.15) is 17.4 Å².